The number of methoxy groups -OCH3 is 1. The molecule has 454 valence electrons. The van der Waals surface area contributed by atoms with Crippen molar-refractivity contribution >= 4 is 40.7 Å². The molecule has 16 heteroatoms. The number of cyclic esters (lactones) is 1. The van der Waals surface area contributed by atoms with Gasteiger partial charge in [0.05, 0.1) is 53.7 Å². The number of hydrogen-bond acceptors (Lipinski definition) is 14. The molecule has 3 aromatic rings. The molecule has 3 fully saturated rings. The summed E-state index contributed by atoms with van der Waals surface area (Å²) in [6.07, 6.45) is -2.34. The van der Waals surface area contributed by atoms with E-state index in [0.29, 0.717) is 12.8 Å². The van der Waals surface area contributed by atoms with Gasteiger partial charge >= 0.3 is 5.97 Å². The lowest BCUT2D eigenvalue weighted by Gasteiger charge is -2.51. The molecular formula is C65H103N3O12P+. The summed E-state index contributed by atoms with van der Waals surface area (Å²) in [6, 6.07) is 29.7. The molecule has 5 N–H and O–H groups in total. The van der Waals surface area contributed by atoms with Gasteiger partial charge in [0, 0.05) is 58.2 Å². The molecule has 1 amide bonds. The average Bonchev–Trinajstić information content (AvgIpc) is 3.56. The second-order valence-electron chi connectivity index (χ2n) is 25.5. The lowest BCUT2D eigenvalue weighted by molar-refractivity contribution is -0.302. The monoisotopic (exact) mass is 1150 g/mol. The van der Waals surface area contributed by atoms with E-state index in [0.717, 1.165) is 37.5 Å². The van der Waals surface area contributed by atoms with Gasteiger partial charge in [-0.25, -0.2) is 0 Å². The maximum Gasteiger partial charge on any atom is 0.309 e. The molecule has 0 radical (unpaired) electrons. The van der Waals surface area contributed by atoms with Crippen LogP contribution >= 0.6 is 7.26 Å². The zero-order chi connectivity index (χ0) is 59.8. The van der Waals surface area contributed by atoms with Gasteiger partial charge in [-0.3, -0.25) is 9.59 Å². The van der Waals surface area contributed by atoms with Crippen molar-refractivity contribution in [3.63, 3.8) is 0 Å². The smallest absolute Gasteiger partial charge is 0.309 e. The maximum absolute atomic E-state index is 14.9. The Bertz CT molecular complexity index is 2380. The summed E-state index contributed by atoms with van der Waals surface area (Å²) in [7, 11) is 7.41. The van der Waals surface area contributed by atoms with Crippen molar-refractivity contribution in [3.05, 3.63) is 84.9 Å². The van der Waals surface area contributed by atoms with Crippen molar-refractivity contribution in [2.45, 2.75) is 217 Å². The number of nitrogens with zero attached hydrogens (tertiary/aromatic N) is 3. The Morgan fingerprint density at radius 3 is 1.89 bits per heavy atom. The average molecular weight is 1150 g/mol. The summed E-state index contributed by atoms with van der Waals surface area (Å²) in [5.74, 6) is -3.70. The number of aliphatic hydroxyl groups is 5. The van der Waals surface area contributed by atoms with E-state index in [1.165, 1.54) is 29.9 Å². The van der Waals surface area contributed by atoms with Crippen LogP contribution in [0.2, 0.25) is 0 Å². The third kappa shape index (κ3) is 15.3. The molecule has 1 unspecified atom stereocenters. The summed E-state index contributed by atoms with van der Waals surface area (Å²) >= 11 is 0. The summed E-state index contributed by atoms with van der Waals surface area (Å²) < 4.78 is 32.2. The van der Waals surface area contributed by atoms with E-state index in [4.69, 9.17) is 23.7 Å². The molecule has 0 spiro atoms. The van der Waals surface area contributed by atoms with Crippen molar-refractivity contribution in [2.75, 3.05) is 52.9 Å². The molecule has 0 aliphatic carbocycles. The van der Waals surface area contributed by atoms with E-state index in [2.05, 4.69) is 104 Å². The SMILES string of the molecule is CC[C@H]1OC(=O)[C@H](C)[C@@H](C2C[C@@](C)(OC)[C@@H](O)[C@H](C)O2)[C@H](C)[C@@H](O[C@@H]2O[C@H](C)C[C@H](N(C)C)[C@H]2O)[C@](C)(O)C[C@@H](C)CN(C(=O)CCCCCCC[P+](c2ccccc2)(c2ccccc2)c2ccc(N(C)C)cc2)[C@H](C)[C@@H](O)[C@]1(C)O. The molecule has 3 heterocycles. The second-order valence-corrected chi connectivity index (χ2v) is 29.1. The predicted molar refractivity (Wildman–Crippen MR) is 324 cm³/mol. The van der Waals surface area contributed by atoms with Gasteiger partial charge < -0.3 is 63.9 Å². The first-order chi connectivity index (χ1) is 38.1. The van der Waals surface area contributed by atoms with Crippen LogP contribution in [0.5, 0.6) is 0 Å². The van der Waals surface area contributed by atoms with Crippen LogP contribution in [0.3, 0.4) is 0 Å². The topological polar surface area (TPSA) is 191 Å². The zero-order valence-electron chi connectivity index (χ0n) is 51.6. The molecule has 0 bridgehead atoms. The van der Waals surface area contributed by atoms with Crippen LogP contribution in [0.4, 0.5) is 5.69 Å². The maximum atomic E-state index is 14.9. The van der Waals surface area contributed by atoms with Crippen molar-refractivity contribution < 1.29 is 58.8 Å². The van der Waals surface area contributed by atoms with Crippen molar-refractivity contribution in [1.29, 1.82) is 0 Å². The normalized spacial score (nSPS) is 35.9. The molecule has 0 aromatic heterocycles. The van der Waals surface area contributed by atoms with E-state index in [-0.39, 0.29) is 50.3 Å². The van der Waals surface area contributed by atoms with E-state index in [1.807, 2.05) is 46.7 Å². The van der Waals surface area contributed by atoms with Crippen molar-refractivity contribution in [2.24, 2.45) is 23.7 Å². The highest BCUT2D eigenvalue weighted by Gasteiger charge is 2.55. The number of carbonyl (C=O) groups is 2. The Kier molecular flexibility index (Phi) is 23.5. The predicted octanol–water partition coefficient (Wildman–Crippen LogP) is 7.47. The van der Waals surface area contributed by atoms with Crippen molar-refractivity contribution in [1.82, 2.24) is 9.80 Å². The van der Waals surface area contributed by atoms with Gasteiger partial charge in [0.1, 0.15) is 53.2 Å². The summed E-state index contributed by atoms with van der Waals surface area (Å²) in [5, 5.41) is 65.2. The highest BCUT2D eigenvalue weighted by molar-refractivity contribution is 7.95. The van der Waals surface area contributed by atoms with Gasteiger partial charge in [-0.1, -0.05) is 76.9 Å². The fourth-order valence-corrected chi connectivity index (χ4v) is 18.3. The molecule has 6 rings (SSSR count). The Hall–Kier alpha value is -3.57. The molecular weight excluding hydrogens is 1050 g/mol. The number of aliphatic hydroxyl groups excluding tert-OH is 3. The third-order valence-electron chi connectivity index (χ3n) is 18.7. The Balaban J connectivity index is 1.27. The Morgan fingerprint density at radius 2 is 1.33 bits per heavy atom. The fourth-order valence-electron chi connectivity index (χ4n) is 13.9. The first kappa shape index (κ1) is 66.6. The quantitative estimate of drug-likeness (QED) is 0.0479. The second kappa shape index (κ2) is 28.5. The van der Waals surface area contributed by atoms with Gasteiger partial charge in [0.2, 0.25) is 5.91 Å². The molecule has 3 saturated heterocycles. The van der Waals surface area contributed by atoms with Crippen LogP contribution in [-0.2, 0) is 33.3 Å². The first-order valence-corrected chi connectivity index (χ1v) is 32.1. The number of benzene rings is 3. The number of esters is 1. The van der Waals surface area contributed by atoms with E-state index in [1.54, 1.807) is 39.5 Å². The highest BCUT2D eigenvalue weighted by atomic mass is 31.2. The molecule has 15 nitrogen and oxygen atoms in total. The lowest BCUT2D eigenvalue weighted by Crippen LogP contribution is -2.61. The van der Waals surface area contributed by atoms with Crippen LogP contribution in [0, 0.1) is 23.7 Å². The van der Waals surface area contributed by atoms with Gasteiger partial charge in [-0.2, -0.15) is 0 Å². The van der Waals surface area contributed by atoms with E-state index in [9.17, 15) is 35.1 Å². The molecule has 3 aliphatic heterocycles. The molecule has 3 aliphatic rings. The Morgan fingerprint density at radius 1 is 0.765 bits per heavy atom. The standard InChI is InChI=1S/C65H103N3O12P/c1-16-54-65(10,75)58(71)46(6)68(55(69)32-26-18-17-19-27-37-81(49-28-22-20-23-29-49,50-30-24-21-25-31-50)51-35-33-48(34-36-51)66(11)12)41-42(2)39-63(8,74)60(80-62-57(70)52(67(13)14)38-43(3)77-62)44(4)56(45(5)61(73)79-54)53-40-64(9,76-15)59(72)47(7)78-53/h20-25,28-31,33-36,42-47,52-54,56-60,62,70-72,74-75H,16-19,26-27,32,37-41H2,1-15H3/q+1/t42-,43-,44+,45-,46-,47+,52+,53?,54-,56+,57-,58-,59+,60-,62+,63-,64-,65-/m1/s1. The van der Waals surface area contributed by atoms with E-state index >= 15 is 0 Å². The third-order valence-corrected chi connectivity index (χ3v) is 23.2. The molecule has 81 heavy (non-hydrogen) atoms. The molecule has 0 saturated carbocycles. The highest BCUT2D eigenvalue weighted by Crippen LogP contribution is 2.56. The Labute approximate surface area is 486 Å². The van der Waals surface area contributed by atoms with Gasteiger partial charge in [0.15, 0.2) is 6.29 Å². The summed E-state index contributed by atoms with van der Waals surface area (Å²) in [5.41, 5.74) is -3.60. The molecule has 18 atom stereocenters. The number of ether oxygens (including phenoxy) is 5. The lowest BCUT2D eigenvalue weighted by atomic mass is 9.68. The fraction of sp³-hybridized carbons (Fsp3) is 0.692. The minimum atomic E-state index is -2.04. The van der Waals surface area contributed by atoms with Crippen molar-refractivity contribution in [3.8, 4) is 0 Å². The van der Waals surface area contributed by atoms with Gasteiger partial charge in [0.25, 0.3) is 0 Å². The number of unbranched alkanes of at least 4 members (excludes halogenated alkanes) is 4. The van der Waals surface area contributed by atoms with Gasteiger partial charge in [-0.05, 0) is 155 Å². The number of carbonyl (C=O) groups excluding carboxylic acids is 2. The summed E-state index contributed by atoms with van der Waals surface area (Å²) in [4.78, 5) is 35.4. The van der Waals surface area contributed by atoms with Crippen LogP contribution in [-0.4, -0.2) is 179 Å². The van der Waals surface area contributed by atoms with Crippen LogP contribution in [0.1, 0.15) is 133 Å². The number of hydrogen-bond donors (Lipinski definition) is 5. The van der Waals surface area contributed by atoms with Crippen LogP contribution in [0.15, 0.2) is 84.9 Å². The largest absolute Gasteiger partial charge is 0.459 e. The first-order valence-electron chi connectivity index (χ1n) is 30.1. The van der Waals surface area contributed by atoms with Gasteiger partial charge in [-0.15, -0.1) is 0 Å². The minimum absolute atomic E-state index is 0.0932. The van der Waals surface area contributed by atoms with Crippen LogP contribution < -0.4 is 20.8 Å². The minimum Gasteiger partial charge on any atom is -0.459 e. The van der Waals surface area contributed by atoms with E-state index < -0.39 is 109 Å². The molecule has 3 aromatic carbocycles. The number of anilines is 1. The number of rotatable bonds is 18. The van der Waals surface area contributed by atoms with Crippen LogP contribution in [0.25, 0.3) is 0 Å². The number of amides is 1. The number of likely N-dealkylation sites (N-methyl/N-ethyl adjacent to an activating group) is 1. The summed E-state index contributed by atoms with van der Waals surface area (Å²) in [6.45, 7) is 17.8. The zero-order valence-corrected chi connectivity index (χ0v) is 52.5.